The Balaban J connectivity index is 1.74. The van der Waals surface area contributed by atoms with Gasteiger partial charge >= 0.3 is 18.2 Å². The lowest BCUT2D eigenvalue weighted by Crippen LogP contribution is -2.57. The van der Waals surface area contributed by atoms with Gasteiger partial charge in [0, 0.05) is 51.2 Å². The number of carbonyl (C=O) groups is 3. The van der Waals surface area contributed by atoms with E-state index in [1.54, 1.807) is 38.8 Å². The summed E-state index contributed by atoms with van der Waals surface area (Å²) in [7, 11) is 3.11. The van der Waals surface area contributed by atoms with Crippen LogP contribution in [0.4, 0.5) is 14.4 Å². The molecule has 44 heavy (non-hydrogen) atoms. The third-order valence-electron chi connectivity index (χ3n) is 8.43. The molecule has 0 bridgehead atoms. The number of nitrogens with zero attached hydrogens (tertiary/aromatic N) is 3. The van der Waals surface area contributed by atoms with Gasteiger partial charge in [-0.15, -0.1) is 0 Å². The fraction of sp³-hybridized carbons (Fsp3) is 0.719. The van der Waals surface area contributed by atoms with Gasteiger partial charge in [-0.3, -0.25) is 0 Å². The minimum absolute atomic E-state index is 0.0414. The second kappa shape index (κ2) is 16.5. The van der Waals surface area contributed by atoms with Crippen molar-refractivity contribution in [3.8, 4) is 0 Å². The summed E-state index contributed by atoms with van der Waals surface area (Å²) < 4.78 is 11.8. The van der Waals surface area contributed by atoms with E-state index in [1.807, 2.05) is 18.2 Å². The Kier molecular flexibility index (Phi) is 13.4. The molecule has 1 saturated carbocycles. The first kappa shape index (κ1) is 35.7. The molecule has 4 amide bonds. The van der Waals surface area contributed by atoms with Crippen molar-refractivity contribution in [2.24, 2.45) is 11.8 Å². The number of carbonyl (C=O) groups excluding carboxylic acids is 2. The second-order valence-electron chi connectivity index (χ2n) is 13.2. The zero-order chi connectivity index (χ0) is 32.4. The van der Waals surface area contributed by atoms with Gasteiger partial charge in [-0.1, -0.05) is 43.0 Å². The molecule has 0 spiro atoms. The molecule has 248 valence electrons. The predicted octanol–water partition coefficient (Wildman–Crippen LogP) is 5.61. The molecule has 0 aromatic heterocycles. The van der Waals surface area contributed by atoms with Crippen LogP contribution in [0.5, 0.6) is 0 Å². The number of hydrogen-bond donors (Lipinski definition) is 3. The van der Waals surface area contributed by atoms with E-state index in [2.05, 4.69) is 5.32 Å². The van der Waals surface area contributed by atoms with Crippen LogP contribution in [0.2, 0.25) is 5.02 Å². The SMILES string of the molecule is CN(CCO[C@@H](c1cccc(Cl)c1)[C@@H]1CCCN(C(=O)N[C@H](CN(C)C(=O)OC(C)(C)C)[C@@H](O)C2CCCCC2)C1)C(=O)O. The van der Waals surface area contributed by atoms with Crippen molar-refractivity contribution in [2.45, 2.75) is 89.6 Å². The van der Waals surface area contributed by atoms with Gasteiger partial charge in [0.05, 0.1) is 24.9 Å². The monoisotopic (exact) mass is 638 g/mol. The van der Waals surface area contributed by atoms with Crippen molar-refractivity contribution in [3.63, 3.8) is 0 Å². The van der Waals surface area contributed by atoms with Crippen molar-refractivity contribution >= 4 is 29.8 Å². The van der Waals surface area contributed by atoms with Crippen molar-refractivity contribution in [1.82, 2.24) is 20.0 Å². The molecule has 1 aliphatic heterocycles. The number of hydrogen-bond acceptors (Lipinski definition) is 6. The van der Waals surface area contributed by atoms with E-state index >= 15 is 0 Å². The van der Waals surface area contributed by atoms with Gasteiger partial charge in [0.25, 0.3) is 0 Å². The second-order valence-corrected chi connectivity index (χ2v) is 13.6. The summed E-state index contributed by atoms with van der Waals surface area (Å²) in [5.41, 5.74) is 0.201. The van der Waals surface area contributed by atoms with E-state index < -0.39 is 36.0 Å². The molecule has 11 nitrogen and oxygen atoms in total. The van der Waals surface area contributed by atoms with Crippen LogP contribution in [0.15, 0.2) is 24.3 Å². The van der Waals surface area contributed by atoms with Gasteiger partial charge in [0.2, 0.25) is 0 Å². The number of urea groups is 1. The predicted molar refractivity (Wildman–Crippen MR) is 169 cm³/mol. The Morgan fingerprint density at radius 1 is 1.07 bits per heavy atom. The summed E-state index contributed by atoms with van der Waals surface area (Å²) in [5.74, 6) is -0.0195. The quantitative estimate of drug-likeness (QED) is 0.287. The Hall–Kier alpha value is -2.76. The summed E-state index contributed by atoms with van der Waals surface area (Å²) in [6, 6.07) is 6.43. The van der Waals surface area contributed by atoms with Crippen LogP contribution in [0.1, 0.15) is 77.4 Å². The van der Waals surface area contributed by atoms with E-state index in [-0.39, 0.29) is 37.6 Å². The summed E-state index contributed by atoms with van der Waals surface area (Å²) in [5, 5.41) is 24.3. The molecule has 1 aromatic carbocycles. The first-order chi connectivity index (χ1) is 20.7. The number of aliphatic hydroxyl groups excluding tert-OH is 1. The summed E-state index contributed by atoms with van der Waals surface area (Å²) in [6.07, 6.45) is 3.78. The van der Waals surface area contributed by atoms with Crippen molar-refractivity contribution in [3.05, 3.63) is 34.9 Å². The van der Waals surface area contributed by atoms with E-state index in [0.717, 1.165) is 50.5 Å². The molecular formula is C32H51ClN4O7. The third kappa shape index (κ3) is 11.0. The van der Waals surface area contributed by atoms with Crippen molar-refractivity contribution in [1.29, 1.82) is 0 Å². The first-order valence-corrected chi connectivity index (χ1v) is 16.1. The molecule has 2 fully saturated rings. The molecule has 0 unspecified atom stereocenters. The lowest BCUT2D eigenvalue weighted by atomic mass is 9.82. The largest absolute Gasteiger partial charge is 0.465 e. The summed E-state index contributed by atoms with van der Waals surface area (Å²) in [4.78, 5) is 42.1. The van der Waals surface area contributed by atoms with E-state index in [1.165, 1.54) is 16.8 Å². The normalized spacial score (nSPS) is 19.9. The maximum absolute atomic E-state index is 13.7. The molecule has 2 aliphatic rings. The number of halogens is 1. The maximum Gasteiger partial charge on any atom is 0.410 e. The highest BCUT2D eigenvalue weighted by molar-refractivity contribution is 6.30. The van der Waals surface area contributed by atoms with Gasteiger partial charge in [-0.2, -0.15) is 0 Å². The average Bonchev–Trinajstić information content (AvgIpc) is 2.98. The summed E-state index contributed by atoms with van der Waals surface area (Å²) in [6.45, 7) is 6.85. The number of likely N-dealkylation sites (N-methyl/N-ethyl adjacent to an activating group) is 2. The maximum atomic E-state index is 13.7. The molecular weight excluding hydrogens is 588 g/mol. The highest BCUT2D eigenvalue weighted by atomic mass is 35.5. The lowest BCUT2D eigenvalue weighted by Gasteiger charge is -2.39. The number of benzene rings is 1. The van der Waals surface area contributed by atoms with Crippen LogP contribution in [0.25, 0.3) is 0 Å². The molecule has 3 rings (SSSR count). The molecule has 1 heterocycles. The van der Waals surface area contributed by atoms with E-state index in [0.29, 0.717) is 18.1 Å². The highest BCUT2D eigenvalue weighted by Crippen LogP contribution is 2.34. The number of piperidine rings is 1. The van der Waals surface area contributed by atoms with Crippen molar-refractivity contribution in [2.75, 3.05) is 46.9 Å². The van der Waals surface area contributed by atoms with Crippen LogP contribution in [0, 0.1) is 11.8 Å². The number of ether oxygens (including phenoxy) is 2. The van der Waals surface area contributed by atoms with Crippen LogP contribution >= 0.6 is 11.6 Å². The number of amides is 4. The van der Waals surface area contributed by atoms with Crippen LogP contribution in [-0.2, 0) is 9.47 Å². The number of aliphatic hydroxyl groups is 1. The average molecular weight is 639 g/mol. The molecule has 1 saturated heterocycles. The Bertz CT molecular complexity index is 1090. The Labute approximate surface area is 266 Å². The molecule has 3 N–H and O–H groups in total. The van der Waals surface area contributed by atoms with E-state index in [4.69, 9.17) is 21.1 Å². The molecule has 0 radical (unpaired) electrons. The van der Waals surface area contributed by atoms with Gasteiger partial charge in [0.1, 0.15) is 5.60 Å². The Morgan fingerprint density at radius 3 is 2.39 bits per heavy atom. The lowest BCUT2D eigenvalue weighted by molar-refractivity contribution is -0.0165. The zero-order valence-electron chi connectivity index (χ0n) is 26.8. The van der Waals surface area contributed by atoms with Crippen LogP contribution in [-0.4, -0.2) is 108 Å². The van der Waals surface area contributed by atoms with Gasteiger partial charge in [-0.25, -0.2) is 14.4 Å². The topological polar surface area (TPSA) is 132 Å². The fourth-order valence-corrected chi connectivity index (χ4v) is 6.24. The minimum atomic E-state index is -1.03. The molecule has 1 aliphatic carbocycles. The smallest absolute Gasteiger partial charge is 0.410 e. The first-order valence-electron chi connectivity index (χ1n) is 15.7. The zero-order valence-corrected chi connectivity index (χ0v) is 27.6. The van der Waals surface area contributed by atoms with Gasteiger partial charge in [-0.05, 0) is 70.1 Å². The van der Waals surface area contributed by atoms with E-state index in [9.17, 15) is 24.6 Å². The highest BCUT2D eigenvalue weighted by Gasteiger charge is 2.36. The third-order valence-corrected chi connectivity index (χ3v) is 8.67. The number of nitrogens with one attached hydrogen (secondary N) is 1. The minimum Gasteiger partial charge on any atom is -0.465 e. The number of rotatable bonds is 11. The number of likely N-dealkylation sites (tertiary alicyclic amines) is 1. The number of carboxylic acid groups (broad SMARTS) is 1. The van der Waals surface area contributed by atoms with Crippen LogP contribution < -0.4 is 5.32 Å². The van der Waals surface area contributed by atoms with Gasteiger partial charge in [0.15, 0.2) is 0 Å². The summed E-state index contributed by atoms with van der Waals surface area (Å²) >= 11 is 6.31. The molecule has 1 aromatic rings. The molecule has 12 heteroatoms. The Morgan fingerprint density at radius 2 is 1.75 bits per heavy atom. The van der Waals surface area contributed by atoms with Gasteiger partial charge < -0.3 is 39.7 Å². The fourth-order valence-electron chi connectivity index (χ4n) is 6.04. The molecule has 4 atom stereocenters. The van der Waals surface area contributed by atoms with Crippen molar-refractivity contribution < 1.29 is 34.1 Å². The standard InChI is InChI=1S/C32H51ClN4O7/c1-32(2,3)44-31(42)36(5)21-26(27(38)22-11-7-6-8-12-22)34-29(39)37-16-10-14-24(20-37)28(23-13-9-15-25(33)19-23)43-18-17-35(4)30(40)41/h9,13,15,19,22,24,26-28,38H,6-8,10-12,14,16-18,20-21H2,1-5H3,(H,34,39)(H,40,41)/t24-,26-,27+,28+/m1/s1. The van der Waals surface area contributed by atoms with Crippen LogP contribution in [0.3, 0.4) is 0 Å².